The van der Waals surface area contributed by atoms with Gasteiger partial charge >= 0.3 is 0 Å². The number of hydrogen-bond donors (Lipinski definition) is 1. The molecule has 1 aromatic carbocycles. The summed E-state index contributed by atoms with van der Waals surface area (Å²) in [6.45, 7) is 0. The first-order valence-electron chi connectivity index (χ1n) is 5.85. The highest BCUT2D eigenvalue weighted by Crippen LogP contribution is 2.31. The summed E-state index contributed by atoms with van der Waals surface area (Å²) in [6, 6.07) is 3.87. The maximum Gasteiger partial charge on any atom is 0.299 e. The minimum atomic E-state index is -0.632. The van der Waals surface area contributed by atoms with Crippen LogP contribution in [0.4, 0.5) is 17.1 Å². The summed E-state index contributed by atoms with van der Waals surface area (Å²) in [7, 11) is 0. The van der Waals surface area contributed by atoms with Crippen LogP contribution >= 0.6 is 11.8 Å². The van der Waals surface area contributed by atoms with Gasteiger partial charge in [-0.15, -0.1) is 0 Å². The predicted molar refractivity (Wildman–Crippen MR) is 73.7 cm³/mol. The number of anilines is 1. The van der Waals surface area contributed by atoms with E-state index >= 15 is 0 Å². The van der Waals surface area contributed by atoms with Gasteiger partial charge in [0, 0.05) is 17.9 Å². The Morgan fingerprint density at radius 1 is 1.26 bits per heavy atom. The van der Waals surface area contributed by atoms with E-state index in [1.54, 1.807) is 11.8 Å². The average Bonchev–Trinajstić information content (AvgIpc) is 2.39. The first kappa shape index (κ1) is 13.6. The first-order chi connectivity index (χ1) is 9.08. The molecule has 0 saturated carbocycles. The minimum Gasteiger partial charge on any atom is -0.376 e. The van der Waals surface area contributed by atoms with E-state index < -0.39 is 9.85 Å². The number of benzene rings is 1. The standard InChI is InChI=1S/C11H13N3O4S/c15-13(16)9-3-4-10(11(6-9)14(17)18)12-8-2-1-5-19-7-8/h3-4,6,8,12H,1-2,5,7H2. The van der Waals surface area contributed by atoms with Crippen molar-refractivity contribution in [3.8, 4) is 0 Å². The van der Waals surface area contributed by atoms with Gasteiger partial charge in [0.25, 0.3) is 11.4 Å². The molecule has 0 aromatic heterocycles. The molecule has 1 aliphatic heterocycles. The van der Waals surface area contributed by atoms with Gasteiger partial charge in [-0.05, 0) is 24.7 Å². The Bertz CT molecular complexity index is 503. The summed E-state index contributed by atoms with van der Waals surface area (Å²) in [5.41, 5.74) is -0.164. The molecular formula is C11H13N3O4S. The molecule has 1 aliphatic rings. The lowest BCUT2D eigenvalue weighted by Crippen LogP contribution is -2.26. The van der Waals surface area contributed by atoms with E-state index in [0.29, 0.717) is 5.69 Å². The molecule has 0 aliphatic carbocycles. The zero-order valence-electron chi connectivity index (χ0n) is 10.1. The van der Waals surface area contributed by atoms with Gasteiger partial charge in [-0.25, -0.2) is 0 Å². The second-order valence-corrected chi connectivity index (χ2v) is 5.42. The quantitative estimate of drug-likeness (QED) is 0.674. The van der Waals surface area contributed by atoms with Gasteiger partial charge in [0.15, 0.2) is 0 Å². The Labute approximate surface area is 113 Å². The Balaban J connectivity index is 2.23. The van der Waals surface area contributed by atoms with Crippen molar-refractivity contribution in [2.45, 2.75) is 18.9 Å². The molecule has 1 saturated heterocycles. The molecule has 1 N–H and O–H groups in total. The summed E-state index contributed by atoms with van der Waals surface area (Å²) >= 11 is 1.80. The van der Waals surface area contributed by atoms with Crippen LogP contribution in [0.25, 0.3) is 0 Å². The molecule has 1 fully saturated rings. The minimum absolute atomic E-state index is 0.180. The Morgan fingerprint density at radius 3 is 2.63 bits per heavy atom. The lowest BCUT2D eigenvalue weighted by atomic mass is 10.1. The molecule has 1 aromatic rings. The molecule has 1 unspecified atom stereocenters. The number of thioether (sulfide) groups is 1. The summed E-state index contributed by atoms with van der Waals surface area (Å²) in [4.78, 5) is 20.4. The SMILES string of the molecule is O=[N+]([O-])c1ccc(NC2CCCSC2)c([N+](=O)[O-])c1. The maximum absolute atomic E-state index is 11.0. The van der Waals surface area contributed by atoms with Crippen LogP contribution in [0, 0.1) is 20.2 Å². The fourth-order valence-electron chi connectivity index (χ4n) is 1.98. The van der Waals surface area contributed by atoms with Gasteiger partial charge in [-0.1, -0.05) is 0 Å². The van der Waals surface area contributed by atoms with Crippen molar-refractivity contribution in [1.29, 1.82) is 0 Å². The van der Waals surface area contributed by atoms with Gasteiger partial charge in [0.05, 0.1) is 15.9 Å². The normalized spacial score (nSPS) is 18.8. The molecule has 8 heteroatoms. The molecule has 1 atom stereocenters. The van der Waals surface area contributed by atoms with Gasteiger partial charge in [0.1, 0.15) is 5.69 Å². The van der Waals surface area contributed by atoms with Crippen molar-refractivity contribution in [1.82, 2.24) is 0 Å². The van der Waals surface area contributed by atoms with E-state index in [9.17, 15) is 20.2 Å². The van der Waals surface area contributed by atoms with Crippen molar-refractivity contribution in [2.75, 3.05) is 16.8 Å². The second kappa shape index (κ2) is 5.87. The molecule has 0 radical (unpaired) electrons. The lowest BCUT2D eigenvalue weighted by Gasteiger charge is -2.23. The fraction of sp³-hybridized carbons (Fsp3) is 0.455. The number of rotatable bonds is 4. The fourth-order valence-corrected chi connectivity index (χ4v) is 3.05. The lowest BCUT2D eigenvalue weighted by molar-refractivity contribution is -0.393. The first-order valence-corrected chi connectivity index (χ1v) is 7.00. The zero-order valence-corrected chi connectivity index (χ0v) is 10.9. The van der Waals surface area contributed by atoms with Crippen LogP contribution in [-0.4, -0.2) is 27.4 Å². The van der Waals surface area contributed by atoms with Crippen LogP contribution in [0.15, 0.2) is 18.2 Å². The van der Waals surface area contributed by atoms with Crippen LogP contribution in [0.3, 0.4) is 0 Å². The topological polar surface area (TPSA) is 98.3 Å². The van der Waals surface area contributed by atoms with Crippen molar-refractivity contribution in [3.63, 3.8) is 0 Å². The highest BCUT2D eigenvalue weighted by molar-refractivity contribution is 7.99. The number of nitro benzene ring substituents is 2. The van der Waals surface area contributed by atoms with Gasteiger partial charge < -0.3 is 5.32 Å². The van der Waals surface area contributed by atoms with Crippen LogP contribution in [-0.2, 0) is 0 Å². The Kier molecular flexibility index (Phi) is 4.20. The van der Waals surface area contributed by atoms with E-state index in [1.807, 2.05) is 0 Å². The molecule has 0 amide bonds. The van der Waals surface area contributed by atoms with Gasteiger partial charge in [0.2, 0.25) is 0 Å². The van der Waals surface area contributed by atoms with Crippen LogP contribution in [0.2, 0.25) is 0 Å². The number of non-ortho nitro benzene ring substituents is 1. The van der Waals surface area contributed by atoms with Crippen LogP contribution < -0.4 is 5.32 Å². The monoisotopic (exact) mass is 283 g/mol. The third-order valence-corrected chi connectivity index (χ3v) is 4.12. The second-order valence-electron chi connectivity index (χ2n) is 4.27. The summed E-state index contributed by atoms with van der Waals surface area (Å²) in [5, 5.41) is 24.7. The van der Waals surface area contributed by atoms with Crippen LogP contribution in [0.1, 0.15) is 12.8 Å². The smallest absolute Gasteiger partial charge is 0.299 e. The number of nitrogens with zero attached hydrogens (tertiary/aromatic N) is 2. The zero-order chi connectivity index (χ0) is 13.8. The molecule has 0 bridgehead atoms. The molecule has 1 heterocycles. The highest BCUT2D eigenvalue weighted by Gasteiger charge is 2.22. The third-order valence-electron chi connectivity index (χ3n) is 2.91. The predicted octanol–water partition coefficient (Wildman–Crippen LogP) is 2.81. The molecule has 0 spiro atoms. The summed E-state index contributed by atoms with van der Waals surface area (Å²) in [6.07, 6.45) is 2.03. The molecular weight excluding hydrogens is 270 g/mol. The third kappa shape index (κ3) is 3.34. The van der Waals surface area contributed by atoms with Gasteiger partial charge in [-0.2, -0.15) is 11.8 Å². The number of nitro groups is 2. The molecule has 19 heavy (non-hydrogen) atoms. The van der Waals surface area contributed by atoms with E-state index in [4.69, 9.17) is 0 Å². The highest BCUT2D eigenvalue weighted by atomic mass is 32.2. The van der Waals surface area contributed by atoms with Crippen molar-refractivity contribution in [3.05, 3.63) is 38.4 Å². The van der Waals surface area contributed by atoms with E-state index in [1.165, 1.54) is 12.1 Å². The summed E-state index contributed by atoms with van der Waals surface area (Å²) < 4.78 is 0. The van der Waals surface area contributed by atoms with Crippen molar-refractivity contribution < 1.29 is 9.85 Å². The number of nitrogens with one attached hydrogen (secondary N) is 1. The van der Waals surface area contributed by atoms with E-state index in [2.05, 4.69) is 5.32 Å². The number of hydrogen-bond acceptors (Lipinski definition) is 6. The largest absolute Gasteiger partial charge is 0.376 e. The maximum atomic E-state index is 11.0. The summed E-state index contributed by atoms with van der Waals surface area (Å²) in [5.74, 6) is 2.01. The van der Waals surface area contributed by atoms with E-state index in [0.717, 1.165) is 30.4 Å². The van der Waals surface area contributed by atoms with E-state index in [-0.39, 0.29) is 17.4 Å². The Morgan fingerprint density at radius 2 is 2.05 bits per heavy atom. The molecule has 102 valence electrons. The van der Waals surface area contributed by atoms with Crippen molar-refractivity contribution in [2.24, 2.45) is 0 Å². The Hall–Kier alpha value is -1.83. The molecule has 2 rings (SSSR count). The molecule has 7 nitrogen and oxygen atoms in total. The average molecular weight is 283 g/mol. The van der Waals surface area contributed by atoms with Gasteiger partial charge in [-0.3, -0.25) is 20.2 Å². The van der Waals surface area contributed by atoms with Crippen molar-refractivity contribution >= 4 is 28.8 Å². The van der Waals surface area contributed by atoms with Crippen LogP contribution in [0.5, 0.6) is 0 Å².